The molecule has 8 nitrogen and oxygen atoms in total. The molecule has 5 aliphatic rings. The summed E-state index contributed by atoms with van der Waals surface area (Å²) in [6, 6.07) is 8.43. The molecular formula is C33H45N4O4S+. The summed E-state index contributed by atoms with van der Waals surface area (Å²) in [6.07, 6.45) is 9.08. The summed E-state index contributed by atoms with van der Waals surface area (Å²) in [5.41, 5.74) is 0. The standard InChI is InChI=1S/C33H45N4O4S/c1-2-7-28(38)41-21-37(16-14-35(15-17-37)31-26-10-5-6-11-27(26)42-34-31)20-25-9-4-3-8-24(25)19-36-32(39)29-22-12-13-23(18-22)30(29)33(36)40/h5-6,10-11,22-25,29-30H,2-4,7-9,12-21H2,1H3/q+1. The summed E-state index contributed by atoms with van der Waals surface area (Å²) in [5, 5.41) is 1.21. The number of piperazine rings is 1. The first-order valence-electron chi connectivity index (χ1n) is 16.4. The van der Waals surface area contributed by atoms with Crippen LogP contribution >= 0.6 is 11.5 Å². The van der Waals surface area contributed by atoms with Crippen LogP contribution < -0.4 is 4.90 Å². The lowest BCUT2D eigenvalue weighted by Crippen LogP contribution is -2.63. The third-order valence-electron chi connectivity index (χ3n) is 11.4. The second-order valence-electron chi connectivity index (χ2n) is 13.8. The number of quaternary nitrogens is 1. The molecule has 42 heavy (non-hydrogen) atoms. The summed E-state index contributed by atoms with van der Waals surface area (Å²) in [7, 11) is 0. The highest BCUT2D eigenvalue weighted by Gasteiger charge is 2.61. The van der Waals surface area contributed by atoms with Crippen molar-refractivity contribution in [1.82, 2.24) is 9.27 Å². The average Bonchev–Trinajstić information content (AvgIpc) is 3.79. The van der Waals surface area contributed by atoms with E-state index in [1.165, 1.54) is 16.5 Å². The average molecular weight is 594 g/mol. The molecule has 3 aliphatic carbocycles. The first-order valence-corrected chi connectivity index (χ1v) is 17.2. The highest BCUT2D eigenvalue weighted by molar-refractivity contribution is 7.13. The summed E-state index contributed by atoms with van der Waals surface area (Å²) >= 11 is 1.56. The third kappa shape index (κ3) is 5.04. The molecule has 6 atom stereocenters. The number of benzene rings is 1. The van der Waals surface area contributed by atoms with Gasteiger partial charge in [-0.2, -0.15) is 4.37 Å². The van der Waals surface area contributed by atoms with Crippen LogP contribution in [-0.2, 0) is 19.1 Å². The maximum Gasteiger partial charge on any atom is 0.310 e. The van der Waals surface area contributed by atoms with E-state index >= 15 is 0 Å². The molecule has 0 radical (unpaired) electrons. The Balaban J connectivity index is 1.07. The predicted octanol–water partition coefficient (Wildman–Crippen LogP) is 5.07. The van der Waals surface area contributed by atoms with Gasteiger partial charge >= 0.3 is 5.97 Å². The molecule has 2 aromatic rings. The van der Waals surface area contributed by atoms with Gasteiger partial charge in [-0.15, -0.1) is 0 Å². The molecule has 9 heteroatoms. The number of hydrogen-bond donors (Lipinski definition) is 0. The van der Waals surface area contributed by atoms with Crippen molar-refractivity contribution in [3.8, 4) is 0 Å². The van der Waals surface area contributed by atoms with Gasteiger partial charge in [0.1, 0.15) is 0 Å². The third-order valence-corrected chi connectivity index (χ3v) is 12.2. The molecule has 6 unspecified atom stereocenters. The van der Waals surface area contributed by atoms with Gasteiger partial charge in [-0.05, 0) is 79.9 Å². The van der Waals surface area contributed by atoms with Crippen molar-refractivity contribution in [2.24, 2.45) is 35.5 Å². The lowest BCUT2D eigenvalue weighted by Gasteiger charge is -2.47. The normalized spacial score (nSPS) is 32.1. The van der Waals surface area contributed by atoms with Gasteiger partial charge in [0.25, 0.3) is 0 Å². The minimum absolute atomic E-state index is 0.0375. The molecule has 0 spiro atoms. The zero-order chi connectivity index (χ0) is 28.8. The molecule has 0 N–H and O–H groups in total. The van der Waals surface area contributed by atoms with Crippen LogP contribution in [0.4, 0.5) is 5.82 Å². The fraction of sp³-hybridized carbons (Fsp3) is 0.697. The Kier molecular flexibility index (Phi) is 7.76. The van der Waals surface area contributed by atoms with Crippen LogP contribution in [0.3, 0.4) is 0 Å². The molecule has 2 amide bonds. The van der Waals surface area contributed by atoms with E-state index in [9.17, 15) is 14.4 Å². The Morgan fingerprint density at radius 3 is 2.40 bits per heavy atom. The number of carbonyl (C=O) groups excluding carboxylic acids is 3. The van der Waals surface area contributed by atoms with E-state index < -0.39 is 0 Å². The quantitative estimate of drug-likeness (QED) is 0.230. The highest BCUT2D eigenvalue weighted by atomic mass is 32.1. The molecule has 2 bridgehead atoms. The van der Waals surface area contributed by atoms with Crippen LogP contribution in [0.1, 0.15) is 64.7 Å². The Hall–Kier alpha value is -2.52. The Morgan fingerprint density at radius 1 is 1.00 bits per heavy atom. The van der Waals surface area contributed by atoms with Gasteiger partial charge in [-0.25, -0.2) is 0 Å². The Bertz CT molecular complexity index is 1310. The Morgan fingerprint density at radius 2 is 1.69 bits per heavy atom. The van der Waals surface area contributed by atoms with Crippen molar-refractivity contribution < 1.29 is 23.6 Å². The van der Waals surface area contributed by atoms with Crippen LogP contribution in [0.5, 0.6) is 0 Å². The monoisotopic (exact) mass is 593 g/mol. The molecule has 3 heterocycles. The van der Waals surface area contributed by atoms with Gasteiger partial charge in [0.15, 0.2) is 5.82 Å². The number of nitrogens with zero attached hydrogens (tertiary/aromatic N) is 4. The van der Waals surface area contributed by atoms with Gasteiger partial charge in [-0.1, -0.05) is 31.9 Å². The van der Waals surface area contributed by atoms with Gasteiger partial charge < -0.3 is 9.64 Å². The molecule has 226 valence electrons. The van der Waals surface area contributed by atoms with E-state index in [1.807, 2.05) is 6.92 Å². The first-order chi connectivity index (χ1) is 20.5. The number of fused-ring (bicyclic) bond motifs is 6. The molecule has 3 saturated carbocycles. The number of amides is 2. The Labute approximate surface area is 253 Å². The van der Waals surface area contributed by atoms with E-state index in [2.05, 4.69) is 29.2 Å². The van der Waals surface area contributed by atoms with Gasteiger partial charge in [0.05, 0.1) is 49.3 Å². The number of aromatic nitrogens is 1. The first kappa shape index (κ1) is 28.3. The van der Waals surface area contributed by atoms with Crippen molar-refractivity contribution in [3.63, 3.8) is 0 Å². The van der Waals surface area contributed by atoms with Crippen LogP contribution in [-0.4, -0.2) is 77.5 Å². The smallest absolute Gasteiger partial charge is 0.310 e. The maximum atomic E-state index is 13.5. The number of ether oxygens (including phenoxy) is 1. The van der Waals surface area contributed by atoms with Crippen molar-refractivity contribution in [3.05, 3.63) is 24.3 Å². The minimum atomic E-state index is -0.113. The highest BCUT2D eigenvalue weighted by Crippen LogP contribution is 2.56. The zero-order valence-electron chi connectivity index (χ0n) is 24.9. The van der Waals surface area contributed by atoms with E-state index in [0.29, 0.717) is 43.4 Å². The molecule has 2 saturated heterocycles. The van der Waals surface area contributed by atoms with Crippen LogP contribution in [0.25, 0.3) is 10.1 Å². The SMILES string of the molecule is CCCC(=O)OC[N+]1(CC2CCCCC2CN2C(=O)C3C4CCC(C4)C3C2=O)CCN(c2nsc3ccccc23)CC1. The van der Waals surface area contributed by atoms with E-state index in [4.69, 9.17) is 9.11 Å². The largest absolute Gasteiger partial charge is 0.415 e. The molecule has 5 fully saturated rings. The number of hydrogen-bond acceptors (Lipinski definition) is 7. The van der Waals surface area contributed by atoms with Crippen LogP contribution in [0.15, 0.2) is 24.3 Å². The summed E-state index contributed by atoms with van der Waals surface area (Å²) in [5.74, 6) is 2.73. The fourth-order valence-corrected chi connectivity index (χ4v) is 9.99. The zero-order valence-corrected chi connectivity index (χ0v) is 25.7. The lowest BCUT2D eigenvalue weighted by atomic mass is 9.78. The van der Waals surface area contributed by atoms with Crippen LogP contribution in [0, 0.1) is 35.5 Å². The number of esters is 1. The second-order valence-corrected chi connectivity index (χ2v) is 14.6. The second kappa shape index (κ2) is 11.5. The van der Waals surface area contributed by atoms with E-state index in [0.717, 1.165) is 88.0 Å². The number of anilines is 1. The van der Waals surface area contributed by atoms with Crippen molar-refractivity contribution in [2.75, 3.05) is 50.9 Å². The maximum absolute atomic E-state index is 13.5. The molecule has 1 aromatic heterocycles. The minimum Gasteiger partial charge on any atom is -0.415 e. The number of rotatable bonds is 9. The number of imide groups is 1. The van der Waals surface area contributed by atoms with Gasteiger partial charge in [-0.3, -0.25) is 23.8 Å². The molecule has 2 aliphatic heterocycles. The van der Waals surface area contributed by atoms with Crippen molar-refractivity contribution in [1.29, 1.82) is 0 Å². The topological polar surface area (TPSA) is 79.8 Å². The van der Waals surface area contributed by atoms with Gasteiger partial charge in [0, 0.05) is 24.3 Å². The summed E-state index contributed by atoms with van der Waals surface area (Å²) in [6.45, 7) is 7.45. The number of carbonyl (C=O) groups is 3. The molecule has 7 rings (SSSR count). The fourth-order valence-electron chi connectivity index (χ4n) is 9.20. The van der Waals surface area contributed by atoms with E-state index in [1.54, 1.807) is 16.4 Å². The van der Waals surface area contributed by atoms with E-state index in [-0.39, 0.29) is 29.6 Å². The molecular weight excluding hydrogens is 548 g/mol. The summed E-state index contributed by atoms with van der Waals surface area (Å²) < 4.78 is 12.7. The van der Waals surface area contributed by atoms with Crippen molar-refractivity contribution in [2.45, 2.75) is 64.7 Å². The molecule has 1 aromatic carbocycles. The summed E-state index contributed by atoms with van der Waals surface area (Å²) in [4.78, 5) is 43.7. The predicted molar refractivity (Wildman–Crippen MR) is 163 cm³/mol. The van der Waals surface area contributed by atoms with Gasteiger partial charge in [0.2, 0.25) is 18.5 Å². The van der Waals surface area contributed by atoms with Crippen molar-refractivity contribution >= 4 is 45.2 Å². The van der Waals surface area contributed by atoms with Crippen LogP contribution in [0.2, 0.25) is 0 Å². The number of likely N-dealkylation sites (tertiary alicyclic amines) is 1. The lowest BCUT2D eigenvalue weighted by molar-refractivity contribution is -0.947.